The number of fused-ring (bicyclic) bond motifs is 1. The Morgan fingerprint density at radius 2 is 1.79 bits per heavy atom. The number of aryl methyl sites for hydroxylation is 1. The molecule has 0 fully saturated rings. The van der Waals surface area contributed by atoms with Crippen molar-refractivity contribution < 1.29 is 14.7 Å². The van der Waals surface area contributed by atoms with Gasteiger partial charge in [-0.25, -0.2) is 4.79 Å². The second kappa shape index (κ2) is 6.79. The number of rotatable bonds is 3. The molecule has 0 heterocycles. The number of nitrogens with one attached hydrogen (secondary N) is 1. The van der Waals surface area contributed by atoms with Crippen molar-refractivity contribution in [2.24, 2.45) is 0 Å². The van der Waals surface area contributed by atoms with Gasteiger partial charge in [0.2, 0.25) is 0 Å². The van der Waals surface area contributed by atoms with Crippen LogP contribution in [0.15, 0.2) is 52.5 Å². The second-order valence-corrected chi connectivity index (χ2v) is 6.77. The molecule has 4 nitrogen and oxygen atoms in total. The van der Waals surface area contributed by atoms with Crippen molar-refractivity contribution in [2.75, 3.05) is 5.32 Å². The Balaban J connectivity index is 2.00. The van der Waals surface area contributed by atoms with Gasteiger partial charge in [-0.3, -0.25) is 4.79 Å². The maximum absolute atomic E-state index is 12.6. The van der Waals surface area contributed by atoms with E-state index in [4.69, 9.17) is 11.6 Å². The van der Waals surface area contributed by atoms with Crippen LogP contribution in [-0.4, -0.2) is 17.0 Å². The molecule has 0 saturated heterocycles. The molecule has 0 unspecified atom stereocenters. The number of hydrogen-bond donors (Lipinski definition) is 2. The molecule has 0 spiro atoms. The Morgan fingerprint density at radius 1 is 1.08 bits per heavy atom. The number of anilines is 1. The van der Waals surface area contributed by atoms with Crippen LogP contribution in [0.2, 0.25) is 5.02 Å². The van der Waals surface area contributed by atoms with Gasteiger partial charge < -0.3 is 10.4 Å². The van der Waals surface area contributed by atoms with Gasteiger partial charge in [-0.05, 0) is 60.4 Å². The lowest BCUT2D eigenvalue weighted by Gasteiger charge is -2.21. The van der Waals surface area contributed by atoms with Gasteiger partial charge in [-0.2, -0.15) is 0 Å². The quantitative estimate of drug-likeness (QED) is 0.787. The minimum Gasteiger partial charge on any atom is -0.478 e. The van der Waals surface area contributed by atoms with Crippen LogP contribution in [0, 0.1) is 0 Å². The third-order valence-corrected chi connectivity index (χ3v) is 4.64. The number of halogens is 2. The predicted molar refractivity (Wildman–Crippen MR) is 97.1 cm³/mol. The molecule has 1 aliphatic rings. The lowest BCUT2D eigenvalue weighted by atomic mass is 9.85. The van der Waals surface area contributed by atoms with Gasteiger partial charge in [0.05, 0.1) is 5.57 Å². The number of carboxylic acids is 1. The largest absolute Gasteiger partial charge is 0.478 e. The summed E-state index contributed by atoms with van der Waals surface area (Å²) in [5.74, 6) is -1.53. The fraction of sp³-hybridized carbons (Fsp3) is 0.111. The zero-order valence-corrected chi connectivity index (χ0v) is 14.8. The Morgan fingerprint density at radius 3 is 2.46 bits per heavy atom. The molecular formula is C18H13BrClNO3. The van der Waals surface area contributed by atoms with E-state index in [0.717, 1.165) is 10.0 Å². The summed E-state index contributed by atoms with van der Waals surface area (Å²) >= 11 is 9.33. The molecule has 1 aliphatic carbocycles. The first kappa shape index (κ1) is 16.7. The highest BCUT2D eigenvalue weighted by Crippen LogP contribution is 2.34. The summed E-state index contributed by atoms with van der Waals surface area (Å²) in [6.45, 7) is 0. The van der Waals surface area contributed by atoms with Crippen LogP contribution in [0.3, 0.4) is 0 Å². The first-order chi connectivity index (χ1) is 11.5. The van der Waals surface area contributed by atoms with E-state index < -0.39 is 11.9 Å². The molecule has 0 saturated carbocycles. The molecule has 2 aromatic carbocycles. The zero-order valence-electron chi connectivity index (χ0n) is 12.5. The molecule has 2 aromatic rings. The highest BCUT2D eigenvalue weighted by molar-refractivity contribution is 9.10. The highest BCUT2D eigenvalue weighted by Gasteiger charge is 2.28. The Labute approximate surface area is 152 Å². The van der Waals surface area contributed by atoms with E-state index in [-0.39, 0.29) is 11.1 Å². The van der Waals surface area contributed by atoms with Gasteiger partial charge in [0.15, 0.2) is 0 Å². The van der Waals surface area contributed by atoms with Crippen LogP contribution >= 0.6 is 27.5 Å². The Kier molecular flexibility index (Phi) is 4.73. The third-order valence-electron chi connectivity index (χ3n) is 3.88. The summed E-state index contributed by atoms with van der Waals surface area (Å²) in [7, 11) is 0. The normalized spacial score (nSPS) is 13.4. The van der Waals surface area contributed by atoms with Crippen LogP contribution in [0.5, 0.6) is 0 Å². The standard InChI is InChI=1S/C18H13BrClNO3/c19-11-3-6-13(7-4-11)21-17(22)14-8-2-10-1-5-12(20)9-15(10)16(14)18(23)24/h1,3-7,9H,2,8H2,(H,21,22)(H,23,24). The highest BCUT2D eigenvalue weighted by atomic mass is 79.9. The van der Waals surface area contributed by atoms with Gasteiger partial charge in [-0.15, -0.1) is 0 Å². The fourth-order valence-corrected chi connectivity index (χ4v) is 3.19. The summed E-state index contributed by atoms with van der Waals surface area (Å²) in [6, 6.07) is 12.2. The average molecular weight is 407 g/mol. The van der Waals surface area contributed by atoms with Crippen molar-refractivity contribution in [3.05, 3.63) is 68.7 Å². The molecule has 0 atom stereocenters. The SMILES string of the molecule is O=C(O)C1=C(C(=O)Nc2ccc(Br)cc2)CCc2ccc(Cl)cc21. The zero-order chi connectivity index (χ0) is 17.3. The van der Waals surface area contributed by atoms with Gasteiger partial charge >= 0.3 is 5.97 Å². The number of carbonyl (C=O) groups is 2. The molecule has 0 aliphatic heterocycles. The summed E-state index contributed by atoms with van der Waals surface area (Å²) in [6.07, 6.45) is 0.977. The van der Waals surface area contributed by atoms with Crippen LogP contribution in [0.4, 0.5) is 5.69 Å². The number of benzene rings is 2. The molecule has 24 heavy (non-hydrogen) atoms. The molecule has 1 amide bonds. The lowest BCUT2D eigenvalue weighted by Crippen LogP contribution is -2.22. The smallest absolute Gasteiger partial charge is 0.336 e. The topological polar surface area (TPSA) is 66.4 Å². The number of carboxylic acid groups (broad SMARTS) is 1. The van der Waals surface area contributed by atoms with E-state index in [1.54, 1.807) is 36.4 Å². The number of aliphatic carboxylic acids is 1. The van der Waals surface area contributed by atoms with E-state index in [2.05, 4.69) is 21.2 Å². The molecule has 0 aromatic heterocycles. The van der Waals surface area contributed by atoms with Crippen molar-refractivity contribution in [3.63, 3.8) is 0 Å². The Hall–Kier alpha value is -2.11. The third kappa shape index (κ3) is 3.37. The molecule has 2 N–H and O–H groups in total. The maximum atomic E-state index is 12.6. The first-order valence-electron chi connectivity index (χ1n) is 7.28. The van der Waals surface area contributed by atoms with Crippen LogP contribution in [0.1, 0.15) is 17.5 Å². The van der Waals surface area contributed by atoms with Crippen molar-refractivity contribution in [2.45, 2.75) is 12.8 Å². The predicted octanol–water partition coefficient (Wildman–Crippen LogP) is 4.53. The summed E-state index contributed by atoms with van der Waals surface area (Å²) in [5.41, 5.74) is 2.30. The van der Waals surface area contributed by atoms with E-state index in [1.807, 2.05) is 6.07 Å². The number of hydrogen-bond acceptors (Lipinski definition) is 2. The average Bonchev–Trinajstić information content (AvgIpc) is 2.55. The fourth-order valence-electron chi connectivity index (χ4n) is 2.76. The maximum Gasteiger partial charge on any atom is 0.336 e. The number of amides is 1. The molecular weight excluding hydrogens is 394 g/mol. The van der Waals surface area contributed by atoms with Crippen LogP contribution in [-0.2, 0) is 16.0 Å². The van der Waals surface area contributed by atoms with Crippen LogP contribution < -0.4 is 5.32 Å². The van der Waals surface area contributed by atoms with E-state index in [0.29, 0.717) is 29.1 Å². The monoisotopic (exact) mass is 405 g/mol. The number of carbonyl (C=O) groups excluding carboxylic acids is 1. The summed E-state index contributed by atoms with van der Waals surface area (Å²) in [4.78, 5) is 24.3. The van der Waals surface area contributed by atoms with Crippen molar-refractivity contribution in [3.8, 4) is 0 Å². The lowest BCUT2D eigenvalue weighted by molar-refractivity contribution is -0.130. The van der Waals surface area contributed by atoms with Crippen molar-refractivity contribution in [1.29, 1.82) is 0 Å². The molecule has 3 rings (SSSR count). The Bertz CT molecular complexity index is 859. The first-order valence-corrected chi connectivity index (χ1v) is 8.45. The molecule has 0 radical (unpaired) electrons. The molecule has 122 valence electrons. The van der Waals surface area contributed by atoms with Gasteiger partial charge in [-0.1, -0.05) is 33.6 Å². The van der Waals surface area contributed by atoms with Gasteiger partial charge in [0.25, 0.3) is 5.91 Å². The molecule has 0 bridgehead atoms. The van der Waals surface area contributed by atoms with Gasteiger partial charge in [0.1, 0.15) is 0 Å². The second-order valence-electron chi connectivity index (χ2n) is 5.42. The van der Waals surface area contributed by atoms with Crippen molar-refractivity contribution >= 4 is 50.7 Å². The van der Waals surface area contributed by atoms with E-state index >= 15 is 0 Å². The van der Waals surface area contributed by atoms with Crippen LogP contribution in [0.25, 0.3) is 5.57 Å². The summed E-state index contributed by atoms with van der Waals surface area (Å²) in [5, 5.41) is 12.8. The van der Waals surface area contributed by atoms with Crippen molar-refractivity contribution in [1.82, 2.24) is 0 Å². The molecule has 6 heteroatoms. The van der Waals surface area contributed by atoms with E-state index in [9.17, 15) is 14.7 Å². The minimum atomic E-state index is -1.13. The van der Waals surface area contributed by atoms with E-state index in [1.165, 1.54) is 0 Å². The van der Waals surface area contributed by atoms with Gasteiger partial charge in [0, 0.05) is 20.8 Å². The summed E-state index contributed by atoms with van der Waals surface area (Å²) < 4.78 is 0.896. The minimum absolute atomic E-state index is 0.0216.